The number of hydrogen-bond acceptors (Lipinski definition) is 4. The third kappa shape index (κ3) is 5.92. The number of methoxy groups -OCH3 is 1. The monoisotopic (exact) mass is 516 g/mol. The van der Waals surface area contributed by atoms with E-state index in [4.69, 9.17) is 9.47 Å². The molecule has 0 unspecified atom stereocenters. The molecule has 0 aromatic heterocycles. The van der Waals surface area contributed by atoms with Crippen molar-refractivity contribution in [2.75, 3.05) is 7.11 Å². The summed E-state index contributed by atoms with van der Waals surface area (Å²) in [5.74, 6) is 0.994. The van der Waals surface area contributed by atoms with E-state index in [1.807, 2.05) is 42.5 Å². The summed E-state index contributed by atoms with van der Waals surface area (Å²) in [6.45, 7) is 0.460. The lowest BCUT2D eigenvalue weighted by molar-refractivity contribution is 0.0955. The van der Waals surface area contributed by atoms with Crippen molar-refractivity contribution < 1.29 is 14.3 Å². The molecule has 0 aliphatic heterocycles. The molecule has 0 saturated carbocycles. The van der Waals surface area contributed by atoms with E-state index >= 15 is 0 Å². The minimum Gasteiger partial charge on any atom is -0.497 e. The van der Waals surface area contributed by atoms with Crippen LogP contribution < -0.4 is 14.9 Å². The van der Waals surface area contributed by atoms with Crippen molar-refractivity contribution in [3.8, 4) is 11.5 Å². The molecule has 5 nitrogen and oxygen atoms in total. The highest BCUT2D eigenvalue weighted by Gasteiger charge is 2.09. The van der Waals surface area contributed by atoms with E-state index in [9.17, 15) is 4.79 Å². The van der Waals surface area contributed by atoms with Gasteiger partial charge in [0.1, 0.15) is 18.1 Å². The molecule has 0 saturated heterocycles. The second-order valence-electron chi connectivity index (χ2n) is 6.02. The van der Waals surface area contributed by atoms with Crippen molar-refractivity contribution in [2.45, 2.75) is 6.61 Å². The molecule has 0 heterocycles. The number of carbonyl (C=O) groups excluding carboxylic acids is 1. The third-order valence-corrected chi connectivity index (χ3v) is 5.14. The van der Waals surface area contributed by atoms with Gasteiger partial charge in [-0.05, 0) is 73.3 Å². The second kappa shape index (κ2) is 10.2. The lowest BCUT2D eigenvalue weighted by atomic mass is 10.2. The summed E-state index contributed by atoms with van der Waals surface area (Å²) in [5.41, 5.74) is 4.85. The number of nitrogens with zero attached hydrogens (tertiary/aromatic N) is 1. The Hall–Kier alpha value is -2.64. The number of hydrazone groups is 1. The molecule has 7 heteroatoms. The first kappa shape index (κ1) is 21.1. The smallest absolute Gasteiger partial charge is 0.271 e. The quantitative estimate of drug-likeness (QED) is 0.329. The highest BCUT2D eigenvalue weighted by Crippen LogP contribution is 2.35. The Balaban J connectivity index is 1.64. The van der Waals surface area contributed by atoms with Crippen LogP contribution in [0.5, 0.6) is 11.5 Å². The minimum atomic E-state index is -0.318. The topological polar surface area (TPSA) is 59.9 Å². The predicted octanol–water partition coefficient (Wildman–Crippen LogP) is 5.56. The summed E-state index contributed by atoms with van der Waals surface area (Å²) >= 11 is 7.05. The van der Waals surface area contributed by atoms with E-state index in [1.54, 1.807) is 37.6 Å². The molecule has 148 valence electrons. The summed E-state index contributed by atoms with van der Waals surface area (Å²) < 4.78 is 12.6. The first-order valence-electron chi connectivity index (χ1n) is 8.70. The maximum atomic E-state index is 12.2. The number of hydrogen-bond donors (Lipinski definition) is 1. The summed E-state index contributed by atoms with van der Waals surface area (Å²) in [5, 5.41) is 4.03. The van der Waals surface area contributed by atoms with Crippen molar-refractivity contribution in [3.63, 3.8) is 0 Å². The first-order valence-corrected chi connectivity index (χ1v) is 10.3. The van der Waals surface area contributed by atoms with Crippen molar-refractivity contribution in [2.24, 2.45) is 5.10 Å². The number of amides is 1. The second-order valence-corrected chi connectivity index (χ2v) is 7.73. The Morgan fingerprint density at radius 2 is 1.76 bits per heavy atom. The van der Waals surface area contributed by atoms with E-state index in [0.29, 0.717) is 23.7 Å². The molecule has 0 spiro atoms. The van der Waals surface area contributed by atoms with Gasteiger partial charge in [0.05, 0.1) is 22.3 Å². The fraction of sp³-hybridized carbons (Fsp3) is 0.0909. The van der Waals surface area contributed by atoms with Gasteiger partial charge in [-0.15, -0.1) is 0 Å². The maximum absolute atomic E-state index is 12.2. The van der Waals surface area contributed by atoms with Gasteiger partial charge in [0.15, 0.2) is 0 Å². The summed E-state index contributed by atoms with van der Waals surface area (Å²) in [6, 6.07) is 20.5. The number of ether oxygens (including phenoxy) is 2. The van der Waals surface area contributed by atoms with Gasteiger partial charge in [0.2, 0.25) is 0 Å². The number of rotatable bonds is 7. The summed E-state index contributed by atoms with van der Waals surface area (Å²) in [6.07, 6.45) is 1.56. The van der Waals surface area contributed by atoms with E-state index in [0.717, 1.165) is 20.1 Å². The minimum absolute atomic E-state index is 0.318. The summed E-state index contributed by atoms with van der Waals surface area (Å²) in [7, 11) is 1.55. The Morgan fingerprint density at radius 3 is 2.45 bits per heavy atom. The molecule has 3 aromatic carbocycles. The van der Waals surface area contributed by atoms with Gasteiger partial charge in [-0.3, -0.25) is 4.79 Å². The third-order valence-electron chi connectivity index (χ3n) is 3.96. The molecule has 1 N–H and O–H groups in total. The molecule has 0 radical (unpaired) electrons. The molecule has 0 fully saturated rings. The highest BCUT2D eigenvalue weighted by molar-refractivity contribution is 9.11. The van der Waals surface area contributed by atoms with Crippen LogP contribution in [0.15, 0.2) is 80.8 Å². The van der Waals surface area contributed by atoms with Crippen LogP contribution >= 0.6 is 31.9 Å². The molecule has 3 aromatic rings. The maximum Gasteiger partial charge on any atom is 0.271 e. The average molecular weight is 518 g/mol. The number of nitrogens with one attached hydrogen (secondary N) is 1. The zero-order valence-electron chi connectivity index (χ0n) is 15.6. The average Bonchev–Trinajstić information content (AvgIpc) is 2.74. The SMILES string of the molecule is COc1cccc(C(=O)N/N=C\c2cc(Br)c(OCc3ccccc3)c(Br)c2)c1. The Morgan fingerprint density at radius 1 is 1.03 bits per heavy atom. The molecule has 0 aliphatic rings. The van der Waals surface area contributed by atoms with Crippen molar-refractivity contribution in [1.82, 2.24) is 5.43 Å². The zero-order valence-corrected chi connectivity index (χ0v) is 18.7. The van der Waals surface area contributed by atoms with Crippen molar-refractivity contribution >= 4 is 44.0 Å². The number of halogens is 2. The number of carbonyl (C=O) groups is 1. The first-order chi connectivity index (χ1) is 14.1. The molecular weight excluding hydrogens is 500 g/mol. The highest BCUT2D eigenvalue weighted by atomic mass is 79.9. The van der Waals surface area contributed by atoms with Gasteiger partial charge in [-0.1, -0.05) is 36.4 Å². The number of benzene rings is 3. The van der Waals surface area contributed by atoms with Gasteiger partial charge in [0, 0.05) is 5.56 Å². The fourth-order valence-corrected chi connectivity index (χ4v) is 3.97. The Kier molecular flexibility index (Phi) is 7.43. The largest absolute Gasteiger partial charge is 0.497 e. The van der Waals surface area contributed by atoms with Crippen LogP contribution in [0.2, 0.25) is 0 Å². The zero-order chi connectivity index (χ0) is 20.6. The standard InChI is InChI=1S/C22H18Br2N2O3/c1-28-18-9-5-8-17(12-18)22(27)26-25-13-16-10-19(23)21(20(24)11-16)29-14-15-6-3-2-4-7-15/h2-13H,14H2,1H3,(H,26,27)/b25-13-. The van der Waals surface area contributed by atoms with Gasteiger partial charge in [-0.2, -0.15) is 5.10 Å². The van der Waals surface area contributed by atoms with Crippen LogP contribution in [-0.2, 0) is 6.61 Å². The van der Waals surface area contributed by atoms with E-state index in [-0.39, 0.29) is 5.91 Å². The van der Waals surface area contributed by atoms with Crippen LogP contribution in [0, 0.1) is 0 Å². The molecular formula is C22H18Br2N2O3. The van der Waals surface area contributed by atoms with Crippen LogP contribution in [0.1, 0.15) is 21.5 Å². The molecule has 0 bridgehead atoms. The van der Waals surface area contributed by atoms with Gasteiger partial charge < -0.3 is 9.47 Å². The van der Waals surface area contributed by atoms with Gasteiger partial charge >= 0.3 is 0 Å². The molecule has 0 aliphatic carbocycles. The molecule has 1 amide bonds. The van der Waals surface area contributed by atoms with Crippen LogP contribution in [-0.4, -0.2) is 19.2 Å². The Labute approximate surface area is 186 Å². The predicted molar refractivity (Wildman–Crippen MR) is 121 cm³/mol. The summed E-state index contributed by atoms with van der Waals surface area (Å²) in [4.78, 5) is 12.2. The molecule has 0 atom stereocenters. The normalized spacial score (nSPS) is 10.7. The van der Waals surface area contributed by atoms with Crippen LogP contribution in [0.25, 0.3) is 0 Å². The van der Waals surface area contributed by atoms with Crippen molar-refractivity contribution in [1.29, 1.82) is 0 Å². The van der Waals surface area contributed by atoms with E-state index in [1.165, 1.54) is 0 Å². The van der Waals surface area contributed by atoms with Gasteiger partial charge in [0.25, 0.3) is 5.91 Å². The fourth-order valence-electron chi connectivity index (χ4n) is 2.52. The van der Waals surface area contributed by atoms with E-state index < -0.39 is 0 Å². The lowest BCUT2D eigenvalue weighted by Gasteiger charge is -2.11. The van der Waals surface area contributed by atoms with Gasteiger partial charge in [-0.25, -0.2) is 5.43 Å². The Bertz CT molecular complexity index is 1000. The molecule has 29 heavy (non-hydrogen) atoms. The van der Waals surface area contributed by atoms with E-state index in [2.05, 4.69) is 42.4 Å². The molecule has 3 rings (SSSR count). The van der Waals surface area contributed by atoms with Crippen LogP contribution in [0.3, 0.4) is 0 Å². The van der Waals surface area contributed by atoms with Crippen molar-refractivity contribution in [3.05, 3.63) is 92.4 Å². The van der Waals surface area contributed by atoms with Crippen LogP contribution in [0.4, 0.5) is 0 Å². The lowest BCUT2D eigenvalue weighted by Crippen LogP contribution is -2.17.